The number of carbonyl (C=O) groups excluding carboxylic acids is 2. The largest absolute Gasteiger partial charge is 0.457 e. The molecule has 0 aliphatic carbocycles. The van der Waals surface area contributed by atoms with Gasteiger partial charge in [-0.2, -0.15) is 4.31 Å². The van der Waals surface area contributed by atoms with Gasteiger partial charge < -0.3 is 4.74 Å². The van der Waals surface area contributed by atoms with Gasteiger partial charge in [-0.25, -0.2) is 26.6 Å². The Bertz CT molecular complexity index is 1590. The van der Waals surface area contributed by atoms with Crippen molar-refractivity contribution in [2.75, 3.05) is 13.6 Å². The van der Waals surface area contributed by atoms with Crippen molar-refractivity contribution in [2.24, 2.45) is 0 Å². The van der Waals surface area contributed by atoms with E-state index >= 15 is 0 Å². The minimum atomic E-state index is -4.30. The Morgan fingerprint density at radius 1 is 1.08 bits per heavy atom. The summed E-state index contributed by atoms with van der Waals surface area (Å²) in [6.45, 7) is -0.500. The van der Waals surface area contributed by atoms with E-state index in [4.69, 9.17) is 16.3 Å². The number of fused-ring (bicyclic) bond motifs is 1. The van der Waals surface area contributed by atoms with Crippen LogP contribution in [0, 0.1) is 0 Å². The predicted molar refractivity (Wildman–Crippen MR) is 136 cm³/mol. The van der Waals surface area contributed by atoms with Crippen molar-refractivity contribution in [3.8, 4) is 11.5 Å². The van der Waals surface area contributed by atoms with E-state index in [-0.39, 0.29) is 15.4 Å². The molecular weight excluding hydrogens is 558 g/mol. The third kappa shape index (κ3) is 5.24. The molecule has 200 valence electrons. The van der Waals surface area contributed by atoms with Crippen LogP contribution in [0.5, 0.6) is 11.5 Å². The van der Waals surface area contributed by atoms with Crippen molar-refractivity contribution in [1.82, 2.24) is 14.1 Å². The normalized spacial score (nSPS) is 15.3. The summed E-state index contributed by atoms with van der Waals surface area (Å²) in [5, 5.41) is 9.69. The Kier molecular flexibility index (Phi) is 7.76. The Balaban J connectivity index is 1.53. The summed E-state index contributed by atoms with van der Waals surface area (Å²) in [6, 6.07) is 16.1. The standard InChI is InChI=1S/C24H22ClN3O8S2/c1-27(37(32,33)19-11-9-17(10-12-19)36-18-6-4-5-16(25)15-18)21(23(29)26-31)13-14-28-24(30)20-7-2-3-8-22(20)38(28,34)35/h2-12,15,21,31H,13-14H2,1H3,(H,26,29). The molecule has 1 aliphatic heterocycles. The third-order valence-electron chi connectivity index (χ3n) is 5.90. The lowest BCUT2D eigenvalue weighted by atomic mass is 10.2. The van der Waals surface area contributed by atoms with Crippen LogP contribution in [0.3, 0.4) is 0 Å². The number of hydrogen-bond acceptors (Lipinski definition) is 8. The molecule has 0 fully saturated rings. The van der Waals surface area contributed by atoms with Gasteiger partial charge in [-0.1, -0.05) is 29.8 Å². The first kappa shape index (κ1) is 27.5. The molecule has 38 heavy (non-hydrogen) atoms. The SMILES string of the molecule is CN(C(CCN1C(=O)c2ccccc2S1(=O)=O)C(=O)NO)S(=O)(=O)c1ccc(Oc2cccc(Cl)c2)cc1. The highest BCUT2D eigenvalue weighted by Gasteiger charge is 2.42. The van der Waals surface area contributed by atoms with E-state index in [0.29, 0.717) is 25.1 Å². The minimum Gasteiger partial charge on any atom is -0.457 e. The van der Waals surface area contributed by atoms with Crippen molar-refractivity contribution in [1.29, 1.82) is 0 Å². The van der Waals surface area contributed by atoms with E-state index in [1.165, 1.54) is 54.0 Å². The molecular formula is C24H22ClN3O8S2. The first-order chi connectivity index (χ1) is 18.0. The molecule has 1 unspecified atom stereocenters. The van der Waals surface area contributed by atoms with Crippen LogP contribution in [0.15, 0.2) is 82.6 Å². The highest BCUT2D eigenvalue weighted by atomic mass is 35.5. The fourth-order valence-electron chi connectivity index (χ4n) is 3.92. The van der Waals surface area contributed by atoms with Gasteiger partial charge >= 0.3 is 0 Å². The van der Waals surface area contributed by atoms with Gasteiger partial charge in [0.1, 0.15) is 22.4 Å². The number of amides is 2. The van der Waals surface area contributed by atoms with Crippen LogP contribution in [-0.4, -0.2) is 62.1 Å². The average molecular weight is 580 g/mol. The highest BCUT2D eigenvalue weighted by Crippen LogP contribution is 2.31. The van der Waals surface area contributed by atoms with Gasteiger partial charge in [0.15, 0.2) is 0 Å². The van der Waals surface area contributed by atoms with Gasteiger partial charge in [0.2, 0.25) is 10.0 Å². The quantitative estimate of drug-likeness (QED) is 0.290. The van der Waals surface area contributed by atoms with Gasteiger partial charge in [-0.05, 0) is 61.0 Å². The maximum atomic E-state index is 13.3. The van der Waals surface area contributed by atoms with Crippen LogP contribution in [-0.2, 0) is 24.8 Å². The van der Waals surface area contributed by atoms with Crippen LogP contribution in [0.1, 0.15) is 16.8 Å². The van der Waals surface area contributed by atoms with Gasteiger partial charge in [0.05, 0.1) is 10.5 Å². The van der Waals surface area contributed by atoms with Gasteiger partial charge in [-0.3, -0.25) is 14.8 Å². The van der Waals surface area contributed by atoms with Crippen molar-refractivity contribution in [2.45, 2.75) is 22.3 Å². The number of benzene rings is 3. The topological polar surface area (TPSA) is 150 Å². The summed E-state index contributed by atoms with van der Waals surface area (Å²) in [7, 11) is -7.36. The van der Waals surface area contributed by atoms with Gasteiger partial charge in [-0.15, -0.1) is 0 Å². The zero-order valence-corrected chi connectivity index (χ0v) is 22.2. The number of ether oxygens (including phenoxy) is 1. The maximum absolute atomic E-state index is 13.3. The summed E-state index contributed by atoms with van der Waals surface area (Å²) < 4.78 is 59.1. The van der Waals surface area contributed by atoms with Crippen LogP contribution in [0.2, 0.25) is 5.02 Å². The number of halogens is 1. The second-order valence-corrected chi connectivity index (χ2v) is 12.5. The molecule has 2 amide bonds. The van der Waals surface area contributed by atoms with Gasteiger partial charge in [0, 0.05) is 18.6 Å². The van der Waals surface area contributed by atoms with E-state index in [2.05, 4.69) is 0 Å². The van der Waals surface area contributed by atoms with Crippen molar-refractivity contribution >= 4 is 43.5 Å². The van der Waals surface area contributed by atoms with Crippen molar-refractivity contribution in [3.63, 3.8) is 0 Å². The molecule has 0 saturated heterocycles. The molecule has 4 rings (SSSR count). The molecule has 0 bridgehead atoms. The lowest BCUT2D eigenvalue weighted by Gasteiger charge is -2.27. The van der Waals surface area contributed by atoms with Crippen LogP contribution >= 0.6 is 11.6 Å². The number of nitrogens with one attached hydrogen (secondary N) is 1. The summed E-state index contributed by atoms with van der Waals surface area (Å²) in [5.41, 5.74) is 1.39. The number of nitrogens with zero attached hydrogens (tertiary/aromatic N) is 2. The molecule has 0 saturated carbocycles. The van der Waals surface area contributed by atoms with Crippen molar-refractivity contribution in [3.05, 3.63) is 83.4 Å². The molecule has 0 radical (unpaired) electrons. The minimum absolute atomic E-state index is 0.0169. The number of hydrogen-bond donors (Lipinski definition) is 2. The van der Waals surface area contributed by atoms with Gasteiger partial charge in [0.25, 0.3) is 21.8 Å². The second kappa shape index (κ2) is 10.7. The molecule has 14 heteroatoms. The van der Waals surface area contributed by atoms with E-state index in [1.54, 1.807) is 24.3 Å². The molecule has 1 aliphatic rings. The molecule has 0 aromatic heterocycles. The number of hydroxylamine groups is 1. The lowest BCUT2D eigenvalue weighted by molar-refractivity contribution is -0.133. The van der Waals surface area contributed by atoms with E-state index < -0.39 is 50.9 Å². The monoisotopic (exact) mass is 579 g/mol. The average Bonchev–Trinajstić information content (AvgIpc) is 3.09. The Morgan fingerprint density at radius 2 is 1.76 bits per heavy atom. The zero-order chi connectivity index (χ0) is 27.7. The van der Waals surface area contributed by atoms with E-state index in [9.17, 15) is 31.6 Å². The molecule has 1 atom stereocenters. The number of rotatable bonds is 9. The summed E-state index contributed by atoms with van der Waals surface area (Å²) in [4.78, 5) is 24.8. The summed E-state index contributed by atoms with van der Waals surface area (Å²) in [5.74, 6) is -1.11. The smallest absolute Gasteiger partial charge is 0.269 e. The van der Waals surface area contributed by atoms with Crippen LogP contribution in [0.25, 0.3) is 0 Å². The van der Waals surface area contributed by atoms with Crippen LogP contribution < -0.4 is 10.2 Å². The first-order valence-corrected chi connectivity index (χ1v) is 14.3. The molecule has 3 aromatic rings. The second-order valence-electron chi connectivity index (χ2n) is 8.21. The molecule has 1 heterocycles. The third-order valence-corrected chi connectivity index (χ3v) is 9.86. The Morgan fingerprint density at radius 3 is 2.39 bits per heavy atom. The summed E-state index contributed by atoms with van der Waals surface area (Å²) >= 11 is 5.94. The highest BCUT2D eigenvalue weighted by molar-refractivity contribution is 7.90. The van der Waals surface area contributed by atoms with Crippen molar-refractivity contribution < 1.29 is 36.4 Å². The van der Waals surface area contributed by atoms with E-state index in [0.717, 1.165) is 7.05 Å². The fourth-order valence-corrected chi connectivity index (χ4v) is 7.04. The molecule has 0 spiro atoms. The Hall–Kier alpha value is -3.49. The van der Waals surface area contributed by atoms with E-state index in [1.807, 2.05) is 0 Å². The summed E-state index contributed by atoms with van der Waals surface area (Å²) in [6.07, 6.45) is -0.420. The number of sulfonamides is 2. The maximum Gasteiger partial charge on any atom is 0.269 e. The Labute approximate surface area is 224 Å². The lowest BCUT2D eigenvalue weighted by Crippen LogP contribution is -2.48. The van der Waals surface area contributed by atoms with Crippen LogP contribution in [0.4, 0.5) is 0 Å². The first-order valence-electron chi connectivity index (χ1n) is 11.1. The molecule has 2 N–H and O–H groups in total. The number of carbonyl (C=O) groups is 2. The number of likely N-dealkylation sites (N-methyl/N-ethyl adjacent to an activating group) is 1. The predicted octanol–water partition coefficient (Wildman–Crippen LogP) is 2.86. The zero-order valence-electron chi connectivity index (χ0n) is 19.8. The molecule has 3 aromatic carbocycles. The fraction of sp³-hybridized carbons (Fsp3) is 0.167. The molecule has 11 nitrogen and oxygen atoms in total.